The fourth-order valence-corrected chi connectivity index (χ4v) is 3.81. The molecule has 1 saturated heterocycles. The summed E-state index contributed by atoms with van der Waals surface area (Å²) in [6, 6.07) is 7.23. The van der Waals surface area contributed by atoms with E-state index < -0.39 is 0 Å². The van der Waals surface area contributed by atoms with Crippen LogP contribution in [0.5, 0.6) is 10.9 Å². The Kier molecular flexibility index (Phi) is 4.96. The molecule has 132 valence electrons. The maximum Gasteiger partial charge on any atom is 0.278 e. The van der Waals surface area contributed by atoms with Crippen LogP contribution >= 0.6 is 11.3 Å². The molecule has 2 aromatic rings. The quantitative estimate of drug-likeness (QED) is 0.908. The molecule has 1 N–H and O–H groups in total. The van der Waals surface area contributed by atoms with E-state index in [1.54, 1.807) is 30.5 Å². The minimum Gasteiger partial charge on any atom is -0.431 e. The van der Waals surface area contributed by atoms with Gasteiger partial charge in [0.05, 0.1) is 25.4 Å². The highest BCUT2D eigenvalue weighted by atomic mass is 32.1. The first-order valence-corrected chi connectivity index (χ1v) is 9.37. The number of carbonyl (C=O) groups excluding carboxylic acids is 1. The second-order valence-corrected chi connectivity index (χ2v) is 7.08. The SMILES string of the molecule is O=C(NC1CCC2OCCOC2C1)c1ccc(Oc2nccs2)cc1. The molecule has 25 heavy (non-hydrogen) atoms. The molecule has 1 saturated carbocycles. The molecule has 1 aliphatic heterocycles. The van der Waals surface area contributed by atoms with Crippen LogP contribution in [0, 0.1) is 0 Å². The van der Waals surface area contributed by atoms with Crippen LogP contribution in [0.2, 0.25) is 0 Å². The van der Waals surface area contributed by atoms with E-state index in [0.717, 1.165) is 19.3 Å². The fourth-order valence-electron chi connectivity index (χ4n) is 3.30. The lowest BCUT2D eigenvalue weighted by Crippen LogP contribution is -2.49. The maximum atomic E-state index is 12.5. The molecular weight excluding hydrogens is 340 g/mol. The van der Waals surface area contributed by atoms with Gasteiger partial charge in [0.15, 0.2) is 0 Å². The number of nitrogens with one attached hydrogen (secondary N) is 1. The first-order valence-electron chi connectivity index (χ1n) is 8.49. The van der Waals surface area contributed by atoms with Crippen molar-refractivity contribution in [2.75, 3.05) is 13.2 Å². The van der Waals surface area contributed by atoms with E-state index in [0.29, 0.717) is 29.7 Å². The normalized spacial score (nSPS) is 25.8. The molecule has 1 aliphatic carbocycles. The zero-order valence-corrected chi connectivity index (χ0v) is 14.5. The molecule has 2 fully saturated rings. The molecule has 0 radical (unpaired) electrons. The van der Waals surface area contributed by atoms with Crippen molar-refractivity contribution in [1.29, 1.82) is 0 Å². The van der Waals surface area contributed by atoms with Gasteiger partial charge in [0.1, 0.15) is 5.75 Å². The number of hydrogen-bond donors (Lipinski definition) is 1. The maximum absolute atomic E-state index is 12.5. The molecule has 7 heteroatoms. The molecule has 2 heterocycles. The van der Waals surface area contributed by atoms with E-state index in [1.807, 2.05) is 5.38 Å². The molecule has 6 nitrogen and oxygen atoms in total. The number of carbonyl (C=O) groups is 1. The summed E-state index contributed by atoms with van der Waals surface area (Å²) in [5.41, 5.74) is 0.620. The first kappa shape index (κ1) is 16.5. The highest BCUT2D eigenvalue weighted by Crippen LogP contribution is 2.27. The standard InChI is InChI=1S/C18H20N2O4S/c21-17(20-13-3-6-15-16(11-13)23-9-8-22-15)12-1-4-14(5-2-12)24-18-19-7-10-25-18/h1-2,4-5,7,10,13,15-16H,3,6,8-9,11H2,(H,20,21). The van der Waals surface area contributed by atoms with Crippen LogP contribution < -0.4 is 10.1 Å². The average Bonchev–Trinajstić information content (AvgIpc) is 3.15. The summed E-state index contributed by atoms with van der Waals surface area (Å²) in [6.07, 6.45) is 4.63. The van der Waals surface area contributed by atoms with Gasteiger partial charge in [0.2, 0.25) is 0 Å². The van der Waals surface area contributed by atoms with Crippen molar-refractivity contribution >= 4 is 17.2 Å². The van der Waals surface area contributed by atoms with Crippen LogP contribution in [0.25, 0.3) is 0 Å². The highest BCUT2D eigenvalue weighted by molar-refractivity contribution is 7.11. The van der Waals surface area contributed by atoms with Gasteiger partial charge in [-0.3, -0.25) is 4.79 Å². The van der Waals surface area contributed by atoms with Gasteiger partial charge in [-0.15, -0.1) is 0 Å². The number of amides is 1. The number of thiazole rings is 1. The van der Waals surface area contributed by atoms with Gasteiger partial charge in [-0.05, 0) is 43.5 Å². The van der Waals surface area contributed by atoms with Crippen molar-refractivity contribution in [3.8, 4) is 10.9 Å². The van der Waals surface area contributed by atoms with Crippen molar-refractivity contribution in [2.24, 2.45) is 0 Å². The summed E-state index contributed by atoms with van der Waals surface area (Å²) in [4.78, 5) is 16.5. The number of aromatic nitrogens is 1. The molecule has 2 aliphatic rings. The van der Waals surface area contributed by atoms with E-state index in [2.05, 4.69) is 10.3 Å². The van der Waals surface area contributed by atoms with Crippen molar-refractivity contribution < 1.29 is 19.0 Å². The van der Waals surface area contributed by atoms with Gasteiger partial charge in [0.25, 0.3) is 11.1 Å². The van der Waals surface area contributed by atoms with Gasteiger partial charge >= 0.3 is 0 Å². The molecular formula is C18H20N2O4S. The molecule has 0 spiro atoms. The van der Waals surface area contributed by atoms with Crippen LogP contribution in [-0.4, -0.2) is 42.4 Å². The molecule has 4 rings (SSSR count). The largest absolute Gasteiger partial charge is 0.431 e. The Balaban J connectivity index is 1.33. The van der Waals surface area contributed by atoms with Gasteiger partial charge in [0, 0.05) is 23.2 Å². The molecule has 1 aromatic heterocycles. The Morgan fingerprint density at radius 3 is 2.72 bits per heavy atom. The summed E-state index contributed by atoms with van der Waals surface area (Å²) >= 11 is 1.43. The molecule has 3 atom stereocenters. The summed E-state index contributed by atoms with van der Waals surface area (Å²) in [5, 5.41) is 5.55. The van der Waals surface area contributed by atoms with Gasteiger partial charge in [-0.25, -0.2) is 4.98 Å². The van der Waals surface area contributed by atoms with E-state index in [-0.39, 0.29) is 24.2 Å². The average molecular weight is 360 g/mol. The zero-order chi connectivity index (χ0) is 17.1. The Hall–Kier alpha value is -1.96. The second-order valence-electron chi connectivity index (χ2n) is 6.23. The van der Waals surface area contributed by atoms with Gasteiger partial charge in [-0.2, -0.15) is 0 Å². The smallest absolute Gasteiger partial charge is 0.278 e. The topological polar surface area (TPSA) is 69.7 Å². The van der Waals surface area contributed by atoms with Crippen LogP contribution in [-0.2, 0) is 9.47 Å². The molecule has 1 amide bonds. The summed E-state index contributed by atoms with van der Waals surface area (Å²) < 4.78 is 17.1. The fraction of sp³-hybridized carbons (Fsp3) is 0.444. The highest BCUT2D eigenvalue weighted by Gasteiger charge is 2.34. The Labute approximate surface area is 150 Å². The third-order valence-electron chi connectivity index (χ3n) is 4.54. The molecule has 0 bridgehead atoms. The minimum atomic E-state index is -0.0685. The zero-order valence-electron chi connectivity index (χ0n) is 13.7. The van der Waals surface area contributed by atoms with E-state index >= 15 is 0 Å². The summed E-state index contributed by atoms with van der Waals surface area (Å²) in [7, 11) is 0. The van der Waals surface area contributed by atoms with Crippen LogP contribution in [0.4, 0.5) is 0 Å². The predicted octanol–water partition coefficient (Wildman–Crippen LogP) is 3.00. The third kappa shape index (κ3) is 4.00. The Bertz CT molecular complexity index is 704. The lowest BCUT2D eigenvalue weighted by atomic mass is 9.89. The third-order valence-corrected chi connectivity index (χ3v) is 5.19. The number of hydrogen-bond acceptors (Lipinski definition) is 6. The number of fused-ring (bicyclic) bond motifs is 1. The van der Waals surface area contributed by atoms with Crippen LogP contribution in [0.3, 0.4) is 0 Å². The number of rotatable bonds is 4. The van der Waals surface area contributed by atoms with Gasteiger partial charge < -0.3 is 19.5 Å². The monoisotopic (exact) mass is 360 g/mol. The predicted molar refractivity (Wildman–Crippen MR) is 93.2 cm³/mol. The Morgan fingerprint density at radius 1 is 1.16 bits per heavy atom. The van der Waals surface area contributed by atoms with Crippen LogP contribution in [0.15, 0.2) is 35.8 Å². The van der Waals surface area contributed by atoms with E-state index in [1.165, 1.54) is 11.3 Å². The van der Waals surface area contributed by atoms with Crippen molar-refractivity contribution in [2.45, 2.75) is 37.5 Å². The molecule has 3 unspecified atom stereocenters. The van der Waals surface area contributed by atoms with Crippen molar-refractivity contribution in [3.05, 3.63) is 41.4 Å². The van der Waals surface area contributed by atoms with Crippen molar-refractivity contribution in [1.82, 2.24) is 10.3 Å². The van der Waals surface area contributed by atoms with E-state index in [4.69, 9.17) is 14.2 Å². The number of benzene rings is 1. The Morgan fingerprint density at radius 2 is 1.96 bits per heavy atom. The summed E-state index contributed by atoms with van der Waals surface area (Å²) in [6.45, 7) is 1.32. The first-order chi connectivity index (χ1) is 12.3. The second kappa shape index (κ2) is 7.51. The van der Waals surface area contributed by atoms with Gasteiger partial charge in [-0.1, -0.05) is 11.3 Å². The minimum absolute atomic E-state index is 0.0685. The lowest BCUT2D eigenvalue weighted by molar-refractivity contribution is -0.157. The van der Waals surface area contributed by atoms with E-state index in [9.17, 15) is 4.79 Å². The summed E-state index contributed by atoms with van der Waals surface area (Å²) in [5.74, 6) is 0.598. The van der Waals surface area contributed by atoms with Crippen LogP contribution in [0.1, 0.15) is 29.6 Å². The number of ether oxygens (including phenoxy) is 3. The molecule has 1 aromatic carbocycles. The number of nitrogens with zero attached hydrogens (tertiary/aromatic N) is 1. The lowest BCUT2D eigenvalue weighted by Gasteiger charge is -2.39. The van der Waals surface area contributed by atoms with Crippen molar-refractivity contribution in [3.63, 3.8) is 0 Å².